The third-order valence-electron chi connectivity index (χ3n) is 2.18. The molecule has 19 heavy (non-hydrogen) atoms. The predicted molar refractivity (Wildman–Crippen MR) is 56.6 cm³/mol. The summed E-state index contributed by atoms with van der Waals surface area (Å²) in [6.07, 6.45) is -1.69. The van der Waals surface area contributed by atoms with Gasteiger partial charge in [0, 0.05) is 17.8 Å². The van der Waals surface area contributed by atoms with Gasteiger partial charge in [-0.25, -0.2) is 0 Å². The molecule has 0 aliphatic carbocycles. The second kappa shape index (κ2) is 4.96. The van der Waals surface area contributed by atoms with Crippen molar-refractivity contribution in [2.24, 2.45) is 0 Å². The van der Waals surface area contributed by atoms with E-state index >= 15 is 0 Å². The minimum Gasteiger partial charge on any atom is -0.480 e. The molecule has 0 radical (unpaired) electrons. The molecule has 1 N–H and O–H groups in total. The van der Waals surface area contributed by atoms with Crippen molar-refractivity contribution < 1.29 is 23.1 Å². The van der Waals surface area contributed by atoms with Gasteiger partial charge in [-0.3, -0.25) is 9.59 Å². The van der Waals surface area contributed by atoms with Crippen LogP contribution in [0.1, 0.15) is 12.3 Å². The average Bonchev–Trinajstić information content (AvgIpc) is 2.80. The quantitative estimate of drug-likeness (QED) is 0.887. The fourth-order valence-corrected chi connectivity index (χ4v) is 1.36. The number of carbonyl (C=O) groups is 1. The minimum absolute atomic E-state index is 0.144. The van der Waals surface area contributed by atoms with E-state index in [9.17, 15) is 18.4 Å². The molecule has 100 valence electrons. The molecule has 2 aromatic heterocycles. The summed E-state index contributed by atoms with van der Waals surface area (Å²) in [6.45, 7) is -0.495. The number of nitrogens with zero attached hydrogens (tertiary/aromatic N) is 3. The Labute approximate surface area is 104 Å². The van der Waals surface area contributed by atoms with Crippen LogP contribution in [0.4, 0.5) is 8.78 Å². The van der Waals surface area contributed by atoms with Crippen molar-refractivity contribution in [3.05, 3.63) is 34.6 Å². The van der Waals surface area contributed by atoms with Crippen LogP contribution in [0.2, 0.25) is 0 Å². The molecule has 7 nitrogen and oxygen atoms in total. The molecular formula is C10H7F2N3O4. The van der Waals surface area contributed by atoms with Crippen molar-refractivity contribution in [3.63, 3.8) is 0 Å². The number of carboxylic acid groups (broad SMARTS) is 1. The van der Waals surface area contributed by atoms with Gasteiger partial charge in [0.15, 0.2) is 0 Å². The van der Waals surface area contributed by atoms with Gasteiger partial charge in [0.1, 0.15) is 6.54 Å². The summed E-state index contributed by atoms with van der Waals surface area (Å²) >= 11 is 0. The SMILES string of the molecule is O=C(O)Cn1ccc(-c2nnc(C(F)F)o2)cc1=O. The molecule has 0 aromatic carbocycles. The second-order valence-corrected chi connectivity index (χ2v) is 3.52. The van der Waals surface area contributed by atoms with Crippen LogP contribution in [-0.2, 0) is 11.3 Å². The molecular weight excluding hydrogens is 264 g/mol. The molecule has 0 fully saturated rings. The van der Waals surface area contributed by atoms with Gasteiger partial charge in [-0.15, -0.1) is 10.2 Å². The zero-order chi connectivity index (χ0) is 14.0. The van der Waals surface area contributed by atoms with Crippen LogP contribution in [0.5, 0.6) is 0 Å². The van der Waals surface area contributed by atoms with Crippen LogP contribution in [0, 0.1) is 0 Å². The first kappa shape index (κ1) is 12.9. The van der Waals surface area contributed by atoms with E-state index < -0.39 is 30.4 Å². The summed E-state index contributed by atoms with van der Waals surface area (Å²) in [5.74, 6) is -2.24. The molecule has 0 bridgehead atoms. The Morgan fingerprint density at radius 2 is 2.21 bits per heavy atom. The number of alkyl halides is 2. The molecule has 0 aliphatic heterocycles. The van der Waals surface area contributed by atoms with Gasteiger partial charge in [0.2, 0.25) is 5.89 Å². The Bertz CT molecular complexity index is 665. The van der Waals surface area contributed by atoms with Gasteiger partial charge in [-0.1, -0.05) is 0 Å². The highest BCUT2D eigenvalue weighted by Gasteiger charge is 2.17. The minimum atomic E-state index is -2.89. The smallest absolute Gasteiger partial charge is 0.323 e. The van der Waals surface area contributed by atoms with Gasteiger partial charge < -0.3 is 14.1 Å². The third-order valence-corrected chi connectivity index (χ3v) is 2.18. The third kappa shape index (κ3) is 2.81. The van der Waals surface area contributed by atoms with Crippen LogP contribution in [0.3, 0.4) is 0 Å². The van der Waals surface area contributed by atoms with Gasteiger partial charge in [0.05, 0.1) is 0 Å². The Balaban J connectivity index is 2.33. The number of rotatable bonds is 4. The standard InChI is InChI=1S/C10H7F2N3O4/c11-8(12)10-14-13-9(19-10)5-1-2-15(4-7(17)18)6(16)3-5/h1-3,8H,4H2,(H,17,18). The fraction of sp³-hybridized carbons (Fsp3) is 0.200. The maximum Gasteiger partial charge on any atom is 0.323 e. The van der Waals surface area contributed by atoms with Crippen molar-refractivity contribution in [2.75, 3.05) is 0 Å². The zero-order valence-corrected chi connectivity index (χ0v) is 9.29. The monoisotopic (exact) mass is 271 g/mol. The van der Waals surface area contributed by atoms with E-state index in [1.54, 1.807) is 0 Å². The Morgan fingerprint density at radius 1 is 1.47 bits per heavy atom. The first-order valence-electron chi connectivity index (χ1n) is 5.01. The number of hydrogen-bond donors (Lipinski definition) is 1. The lowest BCUT2D eigenvalue weighted by Crippen LogP contribution is -2.22. The molecule has 2 rings (SSSR count). The number of halogens is 2. The molecule has 0 amide bonds. The highest BCUT2D eigenvalue weighted by molar-refractivity contribution is 5.66. The van der Waals surface area contributed by atoms with Crippen molar-refractivity contribution in [3.8, 4) is 11.5 Å². The van der Waals surface area contributed by atoms with Crippen LogP contribution in [-0.4, -0.2) is 25.8 Å². The summed E-state index contributed by atoms with van der Waals surface area (Å²) in [5, 5.41) is 15.1. The number of pyridine rings is 1. The molecule has 0 saturated carbocycles. The van der Waals surface area contributed by atoms with Gasteiger partial charge in [-0.05, 0) is 6.07 Å². The Morgan fingerprint density at radius 3 is 2.74 bits per heavy atom. The topological polar surface area (TPSA) is 98.2 Å². The van der Waals surface area contributed by atoms with Crippen molar-refractivity contribution in [1.82, 2.24) is 14.8 Å². The molecule has 0 unspecified atom stereocenters. The van der Waals surface area contributed by atoms with E-state index in [1.165, 1.54) is 12.3 Å². The van der Waals surface area contributed by atoms with E-state index in [2.05, 4.69) is 14.6 Å². The molecule has 0 saturated heterocycles. The highest BCUT2D eigenvalue weighted by Crippen LogP contribution is 2.21. The van der Waals surface area contributed by atoms with Crippen molar-refractivity contribution >= 4 is 5.97 Å². The van der Waals surface area contributed by atoms with E-state index in [1.807, 2.05) is 0 Å². The van der Waals surface area contributed by atoms with Crippen LogP contribution in [0.15, 0.2) is 27.5 Å². The zero-order valence-electron chi connectivity index (χ0n) is 9.29. The van der Waals surface area contributed by atoms with Crippen LogP contribution >= 0.6 is 0 Å². The molecule has 9 heteroatoms. The van der Waals surface area contributed by atoms with Crippen molar-refractivity contribution in [2.45, 2.75) is 13.0 Å². The van der Waals surface area contributed by atoms with E-state index in [0.717, 1.165) is 10.6 Å². The number of carboxylic acids is 1. The van der Waals surface area contributed by atoms with E-state index in [0.29, 0.717) is 0 Å². The normalized spacial score (nSPS) is 10.9. The van der Waals surface area contributed by atoms with Gasteiger partial charge in [-0.2, -0.15) is 8.78 Å². The fourth-order valence-electron chi connectivity index (χ4n) is 1.36. The second-order valence-electron chi connectivity index (χ2n) is 3.52. The maximum atomic E-state index is 12.3. The predicted octanol–water partition coefficient (Wildman–Crippen LogP) is 0.920. The Hall–Kier alpha value is -2.58. The number of aliphatic carboxylic acids is 1. The largest absolute Gasteiger partial charge is 0.480 e. The molecule has 0 spiro atoms. The first-order chi connectivity index (χ1) is 8.97. The first-order valence-corrected chi connectivity index (χ1v) is 5.01. The van der Waals surface area contributed by atoms with E-state index in [-0.39, 0.29) is 11.5 Å². The maximum absolute atomic E-state index is 12.3. The van der Waals surface area contributed by atoms with Crippen molar-refractivity contribution in [1.29, 1.82) is 0 Å². The lowest BCUT2D eigenvalue weighted by atomic mass is 10.2. The summed E-state index contributed by atoms with van der Waals surface area (Å²) in [5.41, 5.74) is -0.470. The highest BCUT2D eigenvalue weighted by atomic mass is 19.3. The number of hydrogen-bond acceptors (Lipinski definition) is 5. The summed E-state index contributed by atoms with van der Waals surface area (Å²) < 4.78 is 30.1. The average molecular weight is 271 g/mol. The summed E-state index contributed by atoms with van der Waals surface area (Å²) in [4.78, 5) is 22.0. The molecule has 0 aliphatic rings. The van der Waals surface area contributed by atoms with Crippen LogP contribution in [0.25, 0.3) is 11.5 Å². The van der Waals surface area contributed by atoms with Gasteiger partial charge >= 0.3 is 12.4 Å². The lowest BCUT2D eigenvalue weighted by Gasteiger charge is -2.01. The molecule has 2 heterocycles. The molecule has 2 aromatic rings. The van der Waals surface area contributed by atoms with E-state index in [4.69, 9.17) is 5.11 Å². The lowest BCUT2D eigenvalue weighted by molar-refractivity contribution is -0.137. The number of aromatic nitrogens is 3. The summed E-state index contributed by atoms with van der Waals surface area (Å²) in [6, 6.07) is 2.36. The van der Waals surface area contributed by atoms with Gasteiger partial charge in [0.25, 0.3) is 11.4 Å². The van der Waals surface area contributed by atoms with Crippen LogP contribution < -0.4 is 5.56 Å². The molecule has 0 atom stereocenters. The summed E-state index contributed by atoms with van der Waals surface area (Å²) in [7, 11) is 0. The Kier molecular flexibility index (Phi) is 3.36.